The second-order valence-corrected chi connectivity index (χ2v) is 5.50. The molecule has 0 radical (unpaired) electrons. The molecule has 0 saturated heterocycles. The summed E-state index contributed by atoms with van der Waals surface area (Å²) in [6, 6.07) is 8.01. The molecule has 0 unspecified atom stereocenters. The summed E-state index contributed by atoms with van der Waals surface area (Å²) in [6.07, 6.45) is 3.64. The molecule has 1 aliphatic rings. The second kappa shape index (κ2) is 5.81. The summed E-state index contributed by atoms with van der Waals surface area (Å²) >= 11 is 0. The van der Waals surface area contributed by atoms with Crippen LogP contribution in [-0.2, 0) is 13.0 Å². The Hall–Kier alpha value is -2.33. The molecule has 0 spiro atoms. The number of nitrogens with zero attached hydrogens (tertiary/aromatic N) is 1. The maximum Gasteiger partial charge on any atom is 0.137 e. The minimum Gasteiger partial charge on any atom is -0.458 e. The summed E-state index contributed by atoms with van der Waals surface area (Å²) in [5.41, 5.74) is 6.01. The van der Waals surface area contributed by atoms with Crippen LogP contribution in [0.15, 0.2) is 39.9 Å². The van der Waals surface area contributed by atoms with Crippen LogP contribution in [0.4, 0.5) is 0 Å². The summed E-state index contributed by atoms with van der Waals surface area (Å²) in [4.78, 5) is 0. The first-order chi connectivity index (χ1) is 10.7. The van der Waals surface area contributed by atoms with Gasteiger partial charge in [-0.05, 0) is 49.5 Å². The van der Waals surface area contributed by atoms with Gasteiger partial charge in [-0.1, -0.05) is 29.4 Å². The smallest absolute Gasteiger partial charge is 0.137 e. The highest BCUT2D eigenvalue weighted by atomic mass is 16.4. The number of hydrogen-bond donors (Lipinski definition) is 2. The van der Waals surface area contributed by atoms with Gasteiger partial charge < -0.3 is 14.7 Å². The Morgan fingerprint density at radius 3 is 2.77 bits per heavy atom. The minimum atomic E-state index is -0.115. The van der Waals surface area contributed by atoms with Crippen molar-refractivity contribution in [1.82, 2.24) is 0 Å². The number of allylic oxidation sites excluding steroid dienone is 2. The number of oxime groups is 1. The van der Waals surface area contributed by atoms with E-state index in [1.54, 1.807) is 0 Å². The van der Waals surface area contributed by atoms with E-state index in [0.717, 1.165) is 46.6 Å². The quantitative estimate of drug-likeness (QED) is 0.665. The van der Waals surface area contributed by atoms with Crippen LogP contribution in [0.25, 0.3) is 16.7 Å². The average molecular weight is 297 g/mol. The predicted octanol–water partition coefficient (Wildman–Crippen LogP) is 3.99. The van der Waals surface area contributed by atoms with E-state index in [9.17, 15) is 5.11 Å². The highest BCUT2D eigenvalue weighted by molar-refractivity contribution is 6.04. The van der Waals surface area contributed by atoms with Crippen molar-refractivity contribution in [3.05, 3.63) is 53.0 Å². The Morgan fingerprint density at radius 2 is 2.09 bits per heavy atom. The molecule has 1 aromatic heterocycles. The van der Waals surface area contributed by atoms with Crippen molar-refractivity contribution in [3.8, 4) is 11.1 Å². The van der Waals surface area contributed by atoms with Crippen molar-refractivity contribution >= 4 is 11.3 Å². The zero-order valence-electron chi connectivity index (χ0n) is 12.8. The molecule has 0 atom stereocenters. The van der Waals surface area contributed by atoms with Crippen LogP contribution in [0.2, 0.25) is 0 Å². The van der Waals surface area contributed by atoms with E-state index in [4.69, 9.17) is 9.62 Å². The van der Waals surface area contributed by atoms with Gasteiger partial charge in [0.15, 0.2) is 0 Å². The Bertz CT molecular complexity index is 769. The molecule has 1 aromatic carbocycles. The molecule has 0 saturated carbocycles. The number of aliphatic hydroxyl groups excluding tert-OH is 1. The van der Waals surface area contributed by atoms with Crippen LogP contribution in [0, 0.1) is 0 Å². The summed E-state index contributed by atoms with van der Waals surface area (Å²) < 4.78 is 5.75. The second-order valence-electron chi connectivity index (χ2n) is 5.50. The van der Waals surface area contributed by atoms with Crippen molar-refractivity contribution in [2.75, 3.05) is 0 Å². The molecule has 4 heteroatoms. The van der Waals surface area contributed by atoms with Gasteiger partial charge in [0.2, 0.25) is 0 Å². The number of aliphatic hydroxyl groups is 1. The first kappa shape index (κ1) is 14.6. The molecule has 1 aliphatic carbocycles. The Kier molecular flexibility index (Phi) is 3.86. The third-order valence-corrected chi connectivity index (χ3v) is 4.21. The molecule has 1 heterocycles. The fourth-order valence-corrected chi connectivity index (χ4v) is 2.90. The topological polar surface area (TPSA) is 66.0 Å². The van der Waals surface area contributed by atoms with Crippen LogP contribution in [0.5, 0.6) is 0 Å². The van der Waals surface area contributed by atoms with Gasteiger partial charge >= 0.3 is 0 Å². The van der Waals surface area contributed by atoms with Crippen LogP contribution in [0.3, 0.4) is 0 Å². The van der Waals surface area contributed by atoms with E-state index < -0.39 is 0 Å². The lowest BCUT2D eigenvalue weighted by Gasteiger charge is -2.06. The zero-order valence-corrected chi connectivity index (χ0v) is 12.8. The number of fused-ring (bicyclic) bond motifs is 1. The van der Waals surface area contributed by atoms with Gasteiger partial charge in [-0.25, -0.2) is 0 Å². The fraction of sp³-hybridized carbons (Fsp3) is 0.278. The van der Waals surface area contributed by atoms with E-state index in [-0.39, 0.29) is 6.61 Å². The number of aryl methyl sites for hydroxylation is 1. The first-order valence-electron chi connectivity index (χ1n) is 7.39. The molecule has 0 bridgehead atoms. The van der Waals surface area contributed by atoms with Gasteiger partial charge in [-0.15, -0.1) is 0 Å². The lowest BCUT2D eigenvalue weighted by atomic mass is 9.98. The number of furan rings is 1. The average Bonchev–Trinajstić information content (AvgIpc) is 3.17. The number of rotatable bonds is 3. The SMILES string of the molecule is C/C=C(\C)c1oc(CO)cc1-c1ccc2c(c1)CC/C2=N\O. The van der Waals surface area contributed by atoms with Crippen molar-refractivity contribution in [2.45, 2.75) is 33.3 Å². The summed E-state index contributed by atoms with van der Waals surface area (Å²) in [5, 5.41) is 21.7. The summed E-state index contributed by atoms with van der Waals surface area (Å²) in [7, 11) is 0. The monoisotopic (exact) mass is 297 g/mol. The lowest BCUT2D eigenvalue weighted by Crippen LogP contribution is -1.93. The Morgan fingerprint density at radius 1 is 1.27 bits per heavy atom. The highest BCUT2D eigenvalue weighted by Crippen LogP contribution is 2.35. The van der Waals surface area contributed by atoms with Gasteiger partial charge in [0.1, 0.15) is 18.1 Å². The molecule has 3 rings (SSSR count). The van der Waals surface area contributed by atoms with E-state index in [1.165, 1.54) is 5.56 Å². The van der Waals surface area contributed by atoms with Gasteiger partial charge in [0.05, 0.1) is 5.71 Å². The molecule has 4 nitrogen and oxygen atoms in total. The van der Waals surface area contributed by atoms with Crippen LogP contribution < -0.4 is 0 Å². The number of benzene rings is 1. The largest absolute Gasteiger partial charge is 0.458 e. The van der Waals surface area contributed by atoms with Crippen molar-refractivity contribution in [1.29, 1.82) is 0 Å². The molecular weight excluding hydrogens is 278 g/mol. The zero-order chi connectivity index (χ0) is 15.7. The lowest BCUT2D eigenvalue weighted by molar-refractivity contribution is 0.246. The molecule has 114 valence electrons. The maximum absolute atomic E-state index is 9.34. The third kappa shape index (κ3) is 2.35. The molecule has 0 fully saturated rings. The Labute approximate surface area is 129 Å². The van der Waals surface area contributed by atoms with E-state index in [0.29, 0.717) is 5.76 Å². The standard InChI is InChI=1S/C18H19NO3/c1-3-11(2)18-16(9-14(10-20)22-18)13-4-6-15-12(8-13)5-7-17(15)19-21/h3-4,6,8-9,20-21H,5,7,10H2,1-2H3/b11-3+,19-17+. The van der Waals surface area contributed by atoms with E-state index >= 15 is 0 Å². The Balaban J connectivity index is 2.11. The molecule has 2 aromatic rings. The van der Waals surface area contributed by atoms with Crippen molar-refractivity contribution < 1.29 is 14.7 Å². The molecule has 2 N–H and O–H groups in total. The van der Waals surface area contributed by atoms with Gasteiger partial charge in [0, 0.05) is 11.1 Å². The summed E-state index contributed by atoms with van der Waals surface area (Å²) in [6.45, 7) is 3.84. The van der Waals surface area contributed by atoms with Crippen LogP contribution >= 0.6 is 0 Å². The van der Waals surface area contributed by atoms with Gasteiger partial charge in [-0.3, -0.25) is 0 Å². The molecular formula is C18H19NO3. The minimum absolute atomic E-state index is 0.115. The molecule has 22 heavy (non-hydrogen) atoms. The normalized spacial score (nSPS) is 16.3. The molecule has 0 amide bonds. The van der Waals surface area contributed by atoms with E-state index in [2.05, 4.69) is 11.2 Å². The first-order valence-corrected chi connectivity index (χ1v) is 7.39. The van der Waals surface area contributed by atoms with Gasteiger partial charge in [-0.2, -0.15) is 0 Å². The van der Waals surface area contributed by atoms with Crippen LogP contribution in [-0.4, -0.2) is 16.0 Å². The predicted molar refractivity (Wildman–Crippen MR) is 86.0 cm³/mol. The molecule has 0 aliphatic heterocycles. The number of hydrogen-bond acceptors (Lipinski definition) is 4. The van der Waals surface area contributed by atoms with Crippen LogP contribution in [0.1, 0.15) is 42.9 Å². The van der Waals surface area contributed by atoms with Crippen molar-refractivity contribution in [3.63, 3.8) is 0 Å². The van der Waals surface area contributed by atoms with E-state index in [1.807, 2.05) is 38.1 Å². The fourth-order valence-electron chi connectivity index (χ4n) is 2.90. The maximum atomic E-state index is 9.34. The summed E-state index contributed by atoms with van der Waals surface area (Å²) in [5.74, 6) is 1.35. The third-order valence-electron chi connectivity index (χ3n) is 4.21. The highest BCUT2D eigenvalue weighted by Gasteiger charge is 2.20. The van der Waals surface area contributed by atoms with Crippen molar-refractivity contribution in [2.24, 2.45) is 5.16 Å². The van der Waals surface area contributed by atoms with Gasteiger partial charge in [0.25, 0.3) is 0 Å².